The lowest BCUT2D eigenvalue weighted by Gasteiger charge is -2.41. The van der Waals surface area contributed by atoms with Crippen LogP contribution in [0.5, 0.6) is 0 Å². The van der Waals surface area contributed by atoms with E-state index in [1.165, 1.54) is 26.4 Å². The van der Waals surface area contributed by atoms with E-state index in [0.717, 1.165) is 10.5 Å². The second kappa shape index (κ2) is 36.7. The summed E-state index contributed by atoms with van der Waals surface area (Å²) < 4.78 is 51.1. The number of rotatable bonds is 40. The third-order valence-electron chi connectivity index (χ3n) is 15.9. The first-order valence-electron chi connectivity index (χ1n) is 30.3. The number of carbonyl (C=O) groups excluding carboxylic acids is 8. The molecule has 7 amide bonds. The molecule has 1 aromatic rings. The Morgan fingerprint density at radius 3 is 1.80 bits per heavy atom. The van der Waals surface area contributed by atoms with Gasteiger partial charge in [0, 0.05) is 52.9 Å². The minimum atomic E-state index is -1.20. The summed E-state index contributed by atoms with van der Waals surface area (Å²) in [5, 5.41) is 5.97. The quantitative estimate of drug-likeness (QED) is 0.0536. The number of hydrogen-bond donors (Lipinski definition) is 2. The van der Waals surface area contributed by atoms with Gasteiger partial charge >= 0.3 is 5.97 Å². The fraction of sp³-hybridized carbons (Fsp3) is 0.742. The van der Waals surface area contributed by atoms with Crippen molar-refractivity contribution in [2.75, 3.05) is 120 Å². The van der Waals surface area contributed by atoms with Gasteiger partial charge in [-0.05, 0) is 70.8 Å². The molecule has 0 radical (unpaired) electrons. The fourth-order valence-corrected chi connectivity index (χ4v) is 11.0. The largest absolute Gasteiger partial charge is 0.458 e. The zero-order chi connectivity index (χ0) is 62.7. The number of hydrogen-bond acceptors (Lipinski definition) is 17. The number of imide groups is 1. The number of esters is 1. The molecule has 3 aliphatic rings. The highest BCUT2D eigenvalue weighted by molar-refractivity contribution is 6.12. The first kappa shape index (κ1) is 72.1. The van der Waals surface area contributed by atoms with E-state index in [1.54, 1.807) is 56.4 Å². The summed E-state index contributed by atoms with van der Waals surface area (Å²) in [6, 6.07) is 6.42. The number of likely N-dealkylation sites (N-methyl/N-ethyl adjacent to an activating group) is 1. The summed E-state index contributed by atoms with van der Waals surface area (Å²) in [5.41, 5.74) is -1.13. The Morgan fingerprint density at radius 2 is 1.28 bits per heavy atom. The van der Waals surface area contributed by atoms with Crippen LogP contribution in [-0.4, -0.2) is 235 Å². The van der Waals surface area contributed by atoms with Gasteiger partial charge in [-0.1, -0.05) is 71.4 Å². The van der Waals surface area contributed by atoms with Gasteiger partial charge in [-0.3, -0.25) is 38.5 Å². The summed E-state index contributed by atoms with van der Waals surface area (Å²) in [4.78, 5) is 114. The van der Waals surface area contributed by atoms with E-state index in [1.807, 2.05) is 58.0 Å². The molecule has 3 heterocycles. The summed E-state index contributed by atoms with van der Waals surface area (Å²) in [5.74, 6) is -4.09. The van der Waals surface area contributed by atoms with Gasteiger partial charge in [-0.15, -0.1) is 0 Å². The van der Waals surface area contributed by atoms with E-state index in [4.69, 9.17) is 42.6 Å². The maximum absolute atomic E-state index is 14.8. The average Bonchev–Trinajstić information content (AvgIpc) is 2.57. The van der Waals surface area contributed by atoms with Crippen molar-refractivity contribution < 1.29 is 81.0 Å². The summed E-state index contributed by atoms with van der Waals surface area (Å²) >= 11 is 0. The van der Waals surface area contributed by atoms with Gasteiger partial charge in [0.1, 0.15) is 23.2 Å². The maximum Gasteiger partial charge on any atom is 0.329 e. The van der Waals surface area contributed by atoms with Crippen LogP contribution in [0.25, 0.3) is 0 Å². The van der Waals surface area contributed by atoms with Crippen LogP contribution in [0.3, 0.4) is 0 Å². The van der Waals surface area contributed by atoms with Crippen molar-refractivity contribution in [1.29, 1.82) is 0 Å². The van der Waals surface area contributed by atoms with E-state index >= 15 is 0 Å². The molecule has 2 fully saturated rings. The molecule has 0 bridgehead atoms. The number of nitrogens with zero attached hydrogens (tertiary/aromatic N) is 4. The predicted octanol–water partition coefficient (Wildman–Crippen LogP) is 3.91. The molecule has 0 aliphatic carbocycles. The zero-order valence-electron chi connectivity index (χ0n) is 52.7. The van der Waals surface area contributed by atoms with Crippen LogP contribution in [0.1, 0.15) is 113 Å². The van der Waals surface area contributed by atoms with Gasteiger partial charge in [0.25, 0.3) is 11.8 Å². The molecule has 1 aromatic carbocycles. The molecule has 23 heteroatoms. The Labute approximate surface area is 504 Å². The maximum atomic E-state index is 14.8. The van der Waals surface area contributed by atoms with Crippen molar-refractivity contribution in [1.82, 2.24) is 30.2 Å². The second-order valence-electron chi connectivity index (χ2n) is 23.6. The number of amides is 7. The van der Waals surface area contributed by atoms with E-state index in [9.17, 15) is 38.4 Å². The number of likely N-dealkylation sites (tertiary alicyclic amines) is 2. The lowest BCUT2D eigenvalue weighted by Crippen LogP contribution is -2.62. The Balaban J connectivity index is 1.21. The van der Waals surface area contributed by atoms with Crippen LogP contribution in [0.15, 0.2) is 42.5 Å². The first-order valence-corrected chi connectivity index (χ1v) is 30.3. The number of benzene rings is 1. The molecule has 23 nitrogen and oxygen atoms in total. The van der Waals surface area contributed by atoms with E-state index < -0.39 is 71.2 Å². The molecule has 4 rings (SSSR count). The highest BCUT2D eigenvalue weighted by Gasteiger charge is 2.48. The van der Waals surface area contributed by atoms with Crippen LogP contribution >= 0.6 is 0 Å². The molecule has 3 aliphatic heterocycles. The molecule has 0 spiro atoms. The SMILES string of the molecule is CC[C@H](C)[C@@H]([C@@H](CC(=O)N1CCC[C@H]1[C@H](OC)[C@@H](C)C(=O)N[C@@H](Cc1ccccc1)C(=O)OC(C)(C)C)OC)N(C)C(=O)[C@@H](NC(=O)[C@]1(C)CCCN1C(=O)CCOCCOCCOCCOCCOCCOCCN1C(=O)C=CC1=O)C(C)C. The summed E-state index contributed by atoms with van der Waals surface area (Å²) in [6.45, 7) is 21.4. The van der Waals surface area contributed by atoms with E-state index in [2.05, 4.69) is 10.6 Å². The second-order valence-corrected chi connectivity index (χ2v) is 23.6. The highest BCUT2D eigenvalue weighted by Crippen LogP contribution is 2.32. The molecular weight excluding hydrogens is 1100 g/mol. The predicted molar refractivity (Wildman–Crippen MR) is 316 cm³/mol. The van der Waals surface area contributed by atoms with Crippen LogP contribution < -0.4 is 10.6 Å². The van der Waals surface area contributed by atoms with E-state index in [-0.39, 0.29) is 87.0 Å². The van der Waals surface area contributed by atoms with Crippen molar-refractivity contribution in [2.45, 2.75) is 161 Å². The van der Waals surface area contributed by atoms with Gasteiger partial charge in [-0.25, -0.2) is 4.79 Å². The minimum Gasteiger partial charge on any atom is -0.458 e. The van der Waals surface area contributed by atoms with Crippen molar-refractivity contribution >= 4 is 47.3 Å². The summed E-state index contributed by atoms with van der Waals surface area (Å²) in [7, 11) is 4.72. The third-order valence-corrected chi connectivity index (χ3v) is 15.9. The Morgan fingerprint density at radius 1 is 0.729 bits per heavy atom. The third kappa shape index (κ3) is 22.7. The normalized spacial score (nSPS) is 19.6. The van der Waals surface area contributed by atoms with Crippen molar-refractivity contribution in [3.05, 3.63) is 48.0 Å². The topological polar surface area (TPSA) is 257 Å². The standard InChI is InChI=1S/C62H100N6O17/c1-13-44(4)55(49(77-11)42-53(72)66-26-17-21-48(66)56(78-12)45(5)57(73)63-47(59(75)85-61(6,7)8)41-46-19-15-14-16-20-46)65(10)58(74)54(43(2)3)64-60(76)62(9)25-18-27-68(62)52(71)24-29-79-31-33-81-35-37-83-39-40-84-38-36-82-34-32-80-30-28-67-50(69)22-23-51(67)70/h14-16,19-20,22-23,43-45,47-49,54-56H,13,17-18,21,24-42H2,1-12H3,(H,63,73)(H,64,76)/t44-,45+,47-,48-,49+,54-,55-,56+,62-/m0/s1. The average molecular weight is 1200 g/mol. The minimum absolute atomic E-state index is 0.0568. The van der Waals surface area contributed by atoms with Crippen molar-refractivity contribution in [3.63, 3.8) is 0 Å². The van der Waals surface area contributed by atoms with Crippen molar-refractivity contribution in [2.24, 2.45) is 17.8 Å². The molecule has 9 atom stereocenters. The molecule has 0 saturated carbocycles. The molecule has 85 heavy (non-hydrogen) atoms. The molecule has 0 aromatic heterocycles. The van der Waals surface area contributed by atoms with Gasteiger partial charge < -0.3 is 68.0 Å². The lowest BCUT2D eigenvalue weighted by atomic mass is 9.89. The van der Waals surface area contributed by atoms with Gasteiger partial charge in [-0.2, -0.15) is 0 Å². The zero-order valence-corrected chi connectivity index (χ0v) is 52.7. The van der Waals surface area contributed by atoms with Crippen molar-refractivity contribution in [3.8, 4) is 0 Å². The number of carbonyl (C=O) groups is 8. The monoisotopic (exact) mass is 1200 g/mol. The molecule has 480 valence electrons. The van der Waals surface area contributed by atoms with Crippen LogP contribution in [0, 0.1) is 17.8 Å². The molecule has 2 N–H and O–H groups in total. The Hall–Kier alpha value is -5.40. The summed E-state index contributed by atoms with van der Waals surface area (Å²) in [6.07, 6.45) is 4.18. The van der Waals surface area contributed by atoms with Crippen LogP contribution in [0.4, 0.5) is 0 Å². The van der Waals surface area contributed by atoms with E-state index in [0.29, 0.717) is 105 Å². The number of methoxy groups -OCH3 is 2. The van der Waals surface area contributed by atoms with Gasteiger partial charge in [0.2, 0.25) is 29.5 Å². The molecular formula is C62H100N6O17. The molecule has 0 unspecified atom stereocenters. The Bertz CT molecular complexity index is 2280. The first-order chi connectivity index (χ1) is 40.5. The number of ether oxygens (including phenoxy) is 9. The Kier molecular flexibility index (Phi) is 31.1. The lowest BCUT2D eigenvalue weighted by molar-refractivity contribution is -0.159. The van der Waals surface area contributed by atoms with Crippen LogP contribution in [0.2, 0.25) is 0 Å². The fourth-order valence-electron chi connectivity index (χ4n) is 11.0. The highest BCUT2D eigenvalue weighted by atomic mass is 16.6. The number of nitrogens with one attached hydrogen (secondary N) is 2. The van der Waals surface area contributed by atoms with Gasteiger partial charge in [0.15, 0.2) is 0 Å². The van der Waals surface area contributed by atoms with Gasteiger partial charge in [0.05, 0.1) is 129 Å². The molecule has 2 saturated heterocycles. The smallest absolute Gasteiger partial charge is 0.329 e. The van der Waals surface area contributed by atoms with Crippen LogP contribution in [-0.2, 0) is 87.4 Å².